The molecular formula is C44H84NO10P. The molecule has 11 nitrogen and oxygen atoms in total. The van der Waals surface area contributed by atoms with Crippen molar-refractivity contribution in [2.24, 2.45) is 0 Å². The van der Waals surface area contributed by atoms with Gasteiger partial charge in [-0.2, -0.15) is 0 Å². The number of unbranched alkanes of at least 4 members (excludes halogenated alkanes) is 21. The fraction of sp³-hybridized carbons (Fsp3) is 0.864. The summed E-state index contributed by atoms with van der Waals surface area (Å²) in [5.74, 6) is -0.889. The second-order valence-electron chi connectivity index (χ2n) is 16.3. The Balaban J connectivity index is 4.44. The minimum Gasteiger partial charge on any atom is -0.756 e. The van der Waals surface area contributed by atoms with E-state index in [0.717, 1.165) is 77.0 Å². The average Bonchev–Trinajstić information content (AvgIpc) is 3.15. The lowest BCUT2D eigenvalue weighted by Crippen LogP contribution is -2.37. The van der Waals surface area contributed by atoms with Crippen molar-refractivity contribution in [2.45, 2.75) is 199 Å². The van der Waals surface area contributed by atoms with Crippen molar-refractivity contribution >= 4 is 19.8 Å². The molecular weight excluding hydrogens is 733 g/mol. The summed E-state index contributed by atoms with van der Waals surface area (Å²) >= 11 is 0. The van der Waals surface area contributed by atoms with Crippen LogP contribution in [0.2, 0.25) is 0 Å². The number of phosphoric ester groups is 1. The van der Waals surface area contributed by atoms with Crippen molar-refractivity contribution in [3.05, 3.63) is 24.3 Å². The number of allylic oxidation sites excluding steroid dienone is 3. The first-order chi connectivity index (χ1) is 26.9. The summed E-state index contributed by atoms with van der Waals surface area (Å²) in [6, 6.07) is 0. The molecule has 56 heavy (non-hydrogen) atoms. The second-order valence-corrected chi connectivity index (χ2v) is 17.8. The van der Waals surface area contributed by atoms with E-state index in [0.29, 0.717) is 17.4 Å². The second kappa shape index (κ2) is 37.7. The minimum atomic E-state index is -4.64. The van der Waals surface area contributed by atoms with Crippen LogP contribution < -0.4 is 4.89 Å². The van der Waals surface area contributed by atoms with Crippen LogP contribution in [0.25, 0.3) is 0 Å². The van der Waals surface area contributed by atoms with Gasteiger partial charge in [0, 0.05) is 12.8 Å². The summed E-state index contributed by atoms with van der Waals surface area (Å²) in [6.45, 7) is 4.04. The molecule has 0 aromatic heterocycles. The van der Waals surface area contributed by atoms with Crippen molar-refractivity contribution in [1.29, 1.82) is 0 Å². The van der Waals surface area contributed by atoms with Crippen molar-refractivity contribution in [3.63, 3.8) is 0 Å². The van der Waals surface area contributed by atoms with Crippen LogP contribution >= 0.6 is 7.82 Å². The highest BCUT2D eigenvalue weighted by molar-refractivity contribution is 7.45. The molecule has 0 aliphatic carbocycles. The van der Waals surface area contributed by atoms with Crippen LogP contribution in [0.4, 0.5) is 0 Å². The highest BCUT2D eigenvalue weighted by atomic mass is 31.2. The molecule has 12 heteroatoms. The molecule has 0 aliphatic rings. The number of carbonyl (C=O) groups excluding carboxylic acids is 2. The summed E-state index contributed by atoms with van der Waals surface area (Å²) < 4.78 is 33.8. The maximum absolute atomic E-state index is 12.7. The zero-order chi connectivity index (χ0) is 41.6. The van der Waals surface area contributed by atoms with Gasteiger partial charge in [0.2, 0.25) is 0 Å². The number of hydrogen-bond donors (Lipinski definition) is 1. The molecule has 0 heterocycles. The Labute approximate surface area is 342 Å². The number of quaternary nitrogens is 1. The topological polar surface area (TPSA) is 141 Å². The molecule has 0 fully saturated rings. The lowest BCUT2D eigenvalue weighted by atomic mass is 10.0. The molecule has 0 aromatic carbocycles. The van der Waals surface area contributed by atoms with E-state index >= 15 is 0 Å². The van der Waals surface area contributed by atoms with E-state index < -0.39 is 32.5 Å². The van der Waals surface area contributed by atoms with Crippen LogP contribution in [0.3, 0.4) is 0 Å². The van der Waals surface area contributed by atoms with Gasteiger partial charge in [-0.15, -0.1) is 0 Å². The Hall–Kier alpha value is -1.59. The quantitative estimate of drug-likeness (QED) is 0.0121. The van der Waals surface area contributed by atoms with E-state index in [-0.39, 0.29) is 32.2 Å². The van der Waals surface area contributed by atoms with E-state index in [1.165, 1.54) is 77.0 Å². The standard InChI is InChI=1S/C44H84NO10P/c1-6-8-10-11-12-13-14-15-16-17-18-21-24-27-31-35-43(46)51-39-42(40-53-56(49,50)52-38-37-45(3,4)5)54-44(47)36-32-28-25-22-19-20-23-26-30-34-41(55-48)33-29-9-7-2/h23,26,30,34,41-42H,6-22,24-25,27-29,31-33,35-40H2,1-5H3,(H-,48,49,50)/b26-23-,34-30+. The number of hydrogen-bond acceptors (Lipinski definition) is 10. The summed E-state index contributed by atoms with van der Waals surface area (Å²) in [6.07, 6.45) is 35.1. The molecule has 3 unspecified atom stereocenters. The van der Waals surface area contributed by atoms with E-state index in [2.05, 4.69) is 24.8 Å². The molecule has 0 radical (unpaired) electrons. The highest BCUT2D eigenvalue weighted by Crippen LogP contribution is 2.38. The summed E-state index contributed by atoms with van der Waals surface area (Å²) in [5.41, 5.74) is 0. The van der Waals surface area contributed by atoms with Gasteiger partial charge >= 0.3 is 11.9 Å². The van der Waals surface area contributed by atoms with Crippen molar-refractivity contribution in [3.8, 4) is 0 Å². The Morgan fingerprint density at radius 1 is 0.661 bits per heavy atom. The minimum absolute atomic E-state index is 0.0457. The lowest BCUT2D eigenvalue weighted by molar-refractivity contribution is -0.870. The van der Waals surface area contributed by atoms with E-state index in [4.69, 9.17) is 23.8 Å². The number of phosphoric acid groups is 1. The largest absolute Gasteiger partial charge is 0.756 e. The Morgan fingerprint density at radius 3 is 1.70 bits per heavy atom. The zero-order valence-electron chi connectivity index (χ0n) is 36.4. The summed E-state index contributed by atoms with van der Waals surface area (Å²) in [7, 11) is 1.11. The Kier molecular flexibility index (Phi) is 36.6. The fourth-order valence-corrected chi connectivity index (χ4v) is 6.83. The molecule has 330 valence electrons. The number of nitrogens with zero attached hydrogens (tertiary/aromatic N) is 1. The van der Waals surface area contributed by atoms with Gasteiger partial charge in [-0.05, 0) is 32.1 Å². The van der Waals surface area contributed by atoms with Gasteiger partial charge in [-0.3, -0.25) is 19.4 Å². The average molecular weight is 818 g/mol. The monoisotopic (exact) mass is 818 g/mol. The molecule has 0 spiro atoms. The molecule has 0 saturated heterocycles. The first kappa shape index (κ1) is 54.4. The molecule has 3 atom stereocenters. The third-order valence-corrected chi connectivity index (χ3v) is 10.7. The van der Waals surface area contributed by atoms with Gasteiger partial charge in [0.05, 0.1) is 27.7 Å². The first-order valence-electron chi connectivity index (χ1n) is 22.3. The zero-order valence-corrected chi connectivity index (χ0v) is 37.3. The molecule has 0 saturated carbocycles. The third-order valence-electron chi connectivity index (χ3n) is 9.70. The molecule has 0 rings (SSSR count). The number of rotatable bonds is 41. The Morgan fingerprint density at radius 2 is 1.16 bits per heavy atom. The number of carbonyl (C=O) groups is 2. The van der Waals surface area contributed by atoms with Crippen LogP contribution in [0, 0.1) is 0 Å². The van der Waals surface area contributed by atoms with Gasteiger partial charge in [0.15, 0.2) is 6.10 Å². The van der Waals surface area contributed by atoms with Crippen LogP contribution in [0.5, 0.6) is 0 Å². The predicted molar refractivity (Wildman–Crippen MR) is 225 cm³/mol. The number of ether oxygens (including phenoxy) is 2. The van der Waals surface area contributed by atoms with Crippen molar-refractivity contribution in [2.75, 3.05) is 47.5 Å². The van der Waals surface area contributed by atoms with Gasteiger partial charge in [0.1, 0.15) is 25.9 Å². The summed E-state index contributed by atoms with van der Waals surface area (Å²) in [5, 5.41) is 9.03. The van der Waals surface area contributed by atoms with Gasteiger partial charge < -0.3 is 27.9 Å². The van der Waals surface area contributed by atoms with Crippen LogP contribution in [-0.2, 0) is 37.6 Å². The molecule has 0 aromatic rings. The van der Waals surface area contributed by atoms with E-state index in [1.54, 1.807) is 0 Å². The van der Waals surface area contributed by atoms with Crippen molar-refractivity contribution in [1.82, 2.24) is 0 Å². The Bertz CT molecular complexity index is 1030. The maximum atomic E-state index is 12.7. The van der Waals surface area contributed by atoms with E-state index in [9.17, 15) is 19.0 Å². The first-order valence-corrected chi connectivity index (χ1v) is 23.8. The van der Waals surface area contributed by atoms with Gasteiger partial charge in [0.25, 0.3) is 7.82 Å². The lowest BCUT2D eigenvalue weighted by Gasteiger charge is -2.28. The molecule has 0 aliphatic heterocycles. The fourth-order valence-electron chi connectivity index (χ4n) is 6.10. The van der Waals surface area contributed by atoms with Gasteiger partial charge in [-0.1, -0.05) is 167 Å². The van der Waals surface area contributed by atoms with E-state index in [1.807, 2.05) is 39.4 Å². The summed E-state index contributed by atoms with van der Waals surface area (Å²) in [4.78, 5) is 42.1. The molecule has 0 amide bonds. The number of likely N-dealkylation sites (N-methyl/N-ethyl adjacent to an activating group) is 1. The normalized spacial score (nSPS) is 14.3. The van der Waals surface area contributed by atoms with Crippen LogP contribution in [0.15, 0.2) is 24.3 Å². The molecule has 0 bridgehead atoms. The predicted octanol–water partition coefficient (Wildman–Crippen LogP) is 11.2. The third kappa shape index (κ3) is 39.2. The smallest absolute Gasteiger partial charge is 0.306 e. The van der Waals surface area contributed by atoms with Gasteiger partial charge in [-0.25, -0.2) is 4.89 Å². The van der Waals surface area contributed by atoms with Crippen LogP contribution in [0.1, 0.15) is 187 Å². The van der Waals surface area contributed by atoms with Crippen molar-refractivity contribution < 1.29 is 52.2 Å². The maximum Gasteiger partial charge on any atom is 0.306 e. The molecule has 1 N–H and O–H groups in total. The highest BCUT2D eigenvalue weighted by Gasteiger charge is 2.21. The van der Waals surface area contributed by atoms with Crippen LogP contribution in [-0.4, -0.2) is 81.4 Å². The SMILES string of the molecule is CCCCCCCCCCCCCCCCCC(=O)OCC(COP(=O)([O-])OCC[N+](C)(C)C)OC(=O)CCCCCCC/C=C\C=C\C(CCCCC)OO. The number of esters is 2.